The van der Waals surface area contributed by atoms with Crippen molar-refractivity contribution in [2.75, 3.05) is 26.7 Å². The molecule has 124 valence electrons. The number of guanidine groups is 1. The van der Waals surface area contributed by atoms with Gasteiger partial charge in [-0.3, -0.25) is 4.99 Å². The lowest BCUT2D eigenvalue weighted by molar-refractivity contribution is -0.125. The predicted molar refractivity (Wildman–Crippen MR) is 89.0 cm³/mol. The first-order valence-corrected chi connectivity index (χ1v) is 9.34. The molecule has 1 spiro atoms. The van der Waals surface area contributed by atoms with E-state index in [-0.39, 0.29) is 0 Å². The third-order valence-corrected chi connectivity index (χ3v) is 6.87. The second-order valence-electron chi connectivity index (χ2n) is 8.02. The van der Waals surface area contributed by atoms with E-state index in [4.69, 9.17) is 4.74 Å². The summed E-state index contributed by atoms with van der Waals surface area (Å²) in [7, 11) is 1.95. The third kappa shape index (κ3) is 2.17. The van der Waals surface area contributed by atoms with Crippen molar-refractivity contribution in [1.82, 2.24) is 10.2 Å². The zero-order valence-electron chi connectivity index (χ0n) is 14.2. The molecule has 22 heavy (non-hydrogen) atoms. The lowest BCUT2D eigenvalue weighted by Gasteiger charge is -2.57. The molecular weight excluding hydrogens is 274 g/mol. The first kappa shape index (κ1) is 14.8. The Kier molecular flexibility index (Phi) is 3.83. The number of likely N-dealkylation sites (tertiary alicyclic amines) is 1. The highest BCUT2D eigenvalue weighted by Crippen LogP contribution is 2.60. The van der Waals surface area contributed by atoms with Gasteiger partial charge in [0, 0.05) is 44.1 Å². The lowest BCUT2D eigenvalue weighted by atomic mass is 9.54. The van der Waals surface area contributed by atoms with Gasteiger partial charge in [0.25, 0.3) is 0 Å². The van der Waals surface area contributed by atoms with Crippen LogP contribution in [0.25, 0.3) is 0 Å². The molecule has 2 saturated heterocycles. The van der Waals surface area contributed by atoms with E-state index in [0.717, 1.165) is 37.5 Å². The van der Waals surface area contributed by atoms with E-state index >= 15 is 0 Å². The van der Waals surface area contributed by atoms with Gasteiger partial charge in [-0.1, -0.05) is 19.8 Å². The van der Waals surface area contributed by atoms with Gasteiger partial charge in [0.1, 0.15) is 0 Å². The molecule has 3 atom stereocenters. The molecule has 4 nitrogen and oxygen atoms in total. The first-order valence-electron chi connectivity index (χ1n) is 9.34. The Bertz CT molecular complexity index is 436. The summed E-state index contributed by atoms with van der Waals surface area (Å²) in [6.07, 6.45) is 9.82. The highest BCUT2D eigenvalue weighted by Gasteiger charge is 2.65. The van der Waals surface area contributed by atoms with E-state index < -0.39 is 0 Å². The summed E-state index contributed by atoms with van der Waals surface area (Å²) in [4.78, 5) is 7.10. The van der Waals surface area contributed by atoms with Crippen LogP contribution in [0.1, 0.15) is 51.9 Å². The van der Waals surface area contributed by atoms with Gasteiger partial charge in [-0.05, 0) is 38.0 Å². The summed E-state index contributed by atoms with van der Waals surface area (Å²) in [5, 5.41) is 3.89. The van der Waals surface area contributed by atoms with Crippen molar-refractivity contribution in [3.8, 4) is 0 Å². The molecular formula is C18H31N3O. The summed E-state index contributed by atoms with van der Waals surface area (Å²) in [6, 6.07) is 0.598. The molecule has 4 aliphatic rings. The number of piperidine rings is 1. The number of ether oxygens (including phenoxy) is 1. The minimum atomic E-state index is 0.417. The SMILES string of the molecule is CN=C(NC1C2CCOC2C12CCCC2)N1CCC(C)CC1. The molecule has 0 radical (unpaired) electrons. The van der Waals surface area contributed by atoms with Crippen molar-refractivity contribution < 1.29 is 4.74 Å². The van der Waals surface area contributed by atoms with Crippen LogP contribution in [-0.2, 0) is 4.74 Å². The van der Waals surface area contributed by atoms with Gasteiger partial charge in [-0.25, -0.2) is 0 Å². The second kappa shape index (κ2) is 5.70. The van der Waals surface area contributed by atoms with Crippen molar-refractivity contribution in [1.29, 1.82) is 0 Å². The summed E-state index contributed by atoms with van der Waals surface area (Å²) < 4.78 is 6.10. The molecule has 2 aliphatic heterocycles. The van der Waals surface area contributed by atoms with Gasteiger partial charge in [0.05, 0.1) is 6.10 Å². The number of nitrogens with one attached hydrogen (secondary N) is 1. The van der Waals surface area contributed by atoms with Crippen molar-refractivity contribution in [3.05, 3.63) is 0 Å². The van der Waals surface area contributed by atoms with Crippen molar-refractivity contribution >= 4 is 5.96 Å². The smallest absolute Gasteiger partial charge is 0.193 e. The minimum Gasteiger partial charge on any atom is -0.377 e. The number of hydrogen-bond donors (Lipinski definition) is 1. The van der Waals surface area contributed by atoms with Crippen LogP contribution in [-0.4, -0.2) is 49.7 Å². The van der Waals surface area contributed by atoms with Crippen LogP contribution in [0, 0.1) is 17.3 Å². The molecule has 0 aromatic rings. The van der Waals surface area contributed by atoms with Gasteiger partial charge in [-0.15, -0.1) is 0 Å². The molecule has 0 aromatic carbocycles. The van der Waals surface area contributed by atoms with Crippen molar-refractivity contribution in [3.63, 3.8) is 0 Å². The Hall–Kier alpha value is -0.770. The summed E-state index contributed by atoms with van der Waals surface area (Å²) >= 11 is 0. The van der Waals surface area contributed by atoms with E-state index in [1.165, 1.54) is 44.9 Å². The topological polar surface area (TPSA) is 36.9 Å². The van der Waals surface area contributed by atoms with E-state index in [1.54, 1.807) is 0 Å². The predicted octanol–water partition coefficient (Wildman–Crippen LogP) is 2.64. The largest absolute Gasteiger partial charge is 0.377 e. The van der Waals surface area contributed by atoms with Gasteiger partial charge < -0.3 is 15.0 Å². The number of nitrogens with zero attached hydrogens (tertiary/aromatic N) is 2. The molecule has 4 rings (SSSR count). The quantitative estimate of drug-likeness (QED) is 0.598. The molecule has 0 bridgehead atoms. The van der Waals surface area contributed by atoms with Crippen LogP contribution in [0.5, 0.6) is 0 Å². The normalized spacial score (nSPS) is 38.2. The number of rotatable bonds is 1. The second-order valence-corrected chi connectivity index (χ2v) is 8.02. The first-order chi connectivity index (χ1) is 10.7. The molecule has 2 aliphatic carbocycles. The van der Waals surface area contributed by atoms with E-state index in [2.05, 4.69) is 22.1 Å². The Labute approximate surface area is 134 Å². The fourth-order valence-corrected chi connectivity index (χ4v) is 5.56. The summed E-state index contributed by atoms with van der Waals surface area (Å²) in [5.74, 6) is 2.74. The maximum atomic E-state index is 6.10. The molecule has 3 unspecified atom stereocenters. The summed E-state index contributed by atoms with van der Waals surface area (Å²) in [5.41, 5.74) is 0.417. The monoisotopic (exact) mass is 305 g/mol. The number of fused-ring (bicyclic) bond motifs is 2. The zero-order chi connectivity index (χ0) is 15.2. The van der Waals surface area contributed by atoms with E-state index in [0.29, 0.717) is 17.6 Å². The fraction of sp³-hybridized carbons (Fsp3) is 0.944. The molecule has 2 heterocycles. The van der Waals surface area contributed by atoms with Gasteiger partial charge >= 0.3 is 0 Å². The van der Waals surface area contributed by atoms with Gasteiger partial charge in [0.15, 0.2) is 5.96 Å². The van der Waals surface area contributed by atoms with E-state index in [1.807, 2.05) is 7.05 Å². The van der Waals surface area contributed by atoms with Crippen molar-refractivity contribution in [2.24, 2.45) is 22.2 Å². The highest BCUT2D eigenvalue weighted by atomic mass is 16.5. The van der Waals surface area contributed by atoms with Crippen LogP contribution in [0.3, 0.4) is 0 Å². The van der Waals surface area contributed by atoms with E-state index in [9.17, 15) is 0 Å². The number of hydrogen-bond acceptors (Lipinski definition) is 2. The molecule has 0 amide bonds. The third-order valence-electron chi connectivity index (χ3n) is 6.87. The van der Waals surface area contributed by atoms with Crippen LogP contribution < -0.4 is 5.32 Å². The fourth-order valence-electron chi connectivity index (χ4n) is 5.56. The highest BCUT2D eigenvalue weighted by molar-refractivity contribution is 5.80. The summed E-state index contributed by atoms with van der Waals surface area (Å²) in [6.45, 7) is 5.65. The average Bonchev–Trinajstić information content (AvgIpc) is 3.17. The van der Waals surface area contributed by atoms with Crippen molar-refractivity contribution in [2.45, 2.75) is 64.0 Å². The molecule has 4 fully saturated rings. The van der Waals surface area contributed by atoms with Gasteiger partial charge in [-0.2, -0.15) is 0 Å². The lowest BCUT2D eigenvalue weighted by Crippen LogP contribution is -2.69. The standard InChI is InChI=1S/C18H31N3O/c1-13-5-10-21(11-6-13)17(19-2)20-15-14-7-12-22-16(14)18(15)8-3-4-9-18/h13-16H,3-12H2,1-2H3,(H,19,20). The molecule has 4 heteroatoms. The maximum absolute atomic E-state index is 6.10. The molecule has 0 aromatic heterocycles. The van der Waals surface area contributed by atoms with Crippen LogP contribution >= 0.6 is 0 Å². The minimum absolute atomic E-state index is 0.417. The Morgan fingerprint density at radius 2 is 1.91 bits per heavy atom. The number of aliphatic imine (C=N–C) groups is 1. The van der Waals surface area contributed by atoms with Crippen LogP contribution in [0.2, 0.25) is 0 Å². The zero-order valence-corrected chi connectivity index (χ0v) is 14.2. The Morgan fingerprint density at radius 3 is 2.59 bits per heavy atom. The van der Waals surface area contributed by atoms with Crippen LogP contribution in [0.15, 0.2) is 4.99 Å². The van der Waals surface area contributed by atoms with Gasteiger partial charge in [0.2, 0.25) is 0 Å². The Morgan fingerprint density at radius 1 is 1.18 bits per heavy atom. The maximum Gasteiger partial charge on any atom is 0.193 e. The average molecular weight is 305 g/mol. The van der Waals surface area contributed by atoms with Crippen LogP contribution in [0.4, 0.5) is 0 Å². The Balaban J connectivity index is 1.47. The molecule has 2 saturated carbocycles. The molecule has 1 N–H and O–H groups in total.